The summed E-state index contributed by atoms with van der Waals surface area (Å²) in [5.74, 6) is 0.716. The van der Waals surface area contributed by atoms with Gasteiger partial charge in [-0.05, 0) is 34.5 Å². The van der Waals surface area contributed by atoms with E-state index in [0.29, 0.717) is 5.82 Å². The van der Waals surface area contributed by atoms with Crippen molar-refractivity contribution in [3.63, 3.8) is 0 Å². The molecule has 0 fully saturated rings. The maximum Gasteiger partial charge on any atom is 0.181 e. The molecule has 0 saturated heterocycles. The lowest BCUT2D eigenvalue weighted by atomic mass is 10.1. The van der Waals surface area contributed by atoms with E-state index >= 15 is 0 Å². The second-order valence-electron chi connectivity index (χ2n) is 4.25. The molecule has 5 nitrogen and oxygen atoms in total. The van der Waals surface area contributed by atoms with E-state index < -0.39 is 0 Å². The third-order valence-electron chi connectivity index (χ3n) is 2.60. The van der Waals surface area contributed by atoms with Gasteiger partial charge in [-0.3, -0.25) is 0 Å². The van der Waals surface area contributed by atoms with Gasteiger partial charge >= 0.3 is 0 Å². The molecular formula is C13H17N5. The van der Waals surface area contributed by atoms with Crippen LogP contribution < -0.4 is 0 Å². The molecule has 0 aliphatic rings. The monoisotopic (exact) mass is 243 g/mol. The minimum atomic E-state index is 0.716. The zero-order valence-corrected chi connectivity index (χ0v) is 10.9. The largest absolute Gasteiger partial charge is 0.383 e. The van der Waals surface area contributed by atoms with E-state index in [1.54, 1.807) is 4.68 Å². The zero-order chi connectivity index (χ0) is 13.0. The molecule has 0 radical (unpaired) electrons. The van der Waals surface area contributed by atoms with Gasteiger partial charge in [0, 0.05) is 26.4 Å². The van der Waals surface area contributed by atoms with Gasteiger partial charge in [-0.25, -0.2) is 0 Å². The molecule has 18 heavy (non-hydrogen) atoms. The van der Waals surface area contributed by atoms with Gasteiger partial charge in [0.05, 0.1) is 5.69 Å². The average molecular weight is 243 g/mol. The third kappa shape index (κ3) is 2.74. The molecule has 0 atom stereocenters. The number of hydrogen-bond acceptors (Lipinski definition) is 4. The highest BCUT2D eigenvalue weighted by Gasteiger charge is 2.04. The Hall–Kier alpha value is -2.17. The van der Waals surface area contributed by atoms with Gasteiger partial charge < -0.3 is 4.90 Å². The lowest BCUT2D eigenvalue weighted by Crippen LogP contribution is -2.03. The molecule has 0 saturated carbocycles. The molecule has 2 aromatic rings. The van der Waals surface area contributed by atoms with Crippen LogP contribution in [0, 0.1) is 0 Å². The van der Waals surface area contributed by atoms with Crippen molar-refractivity contribution in [2.45, 2.75) is 13.3 Å². The number of nitrogens with zero attached hydrogens (tertiary/aromatic N) is 5. The Morgan fingerprint density at radius 2 is 1.94 bits per heavy atom. The van der Waals surface area contributed by atoms with Gasteiger partial charge in [0.2, 0.25) is 0 Å². The molecule has 2 rings (SSSR count). The van der Waals surface area contributed by atoms with Crippen LogP contribution in [0.2, 0.25) is 0 Å². The van der Waals surface area contributed by atoms with Crippen LogP contribution in [0.5, 0.6) is 0 Å². The van der Waals surface area contributed by atoms with E-state index in [4.69, 9.17) is 0 Å². The van der Waals surface area contributed by atoms with Gasteiger partial charge in [0.25, 0.3) is 0 Å². The second-order valence-corrected chi connectivity index (χ2v) is 4.25. The van der Waals surface area contributed by atoms with E-state index in [1.165, 1.54) is 5.56 Å². The van der Waals surface area contributed by atoms with Crippen LogP contribution in [-0.2, 0) is 6.42 Å². The van der Waals surface area contributed by atoms with Crippen molar-refractivity contribution in [2.24, 2.45) is 0 Å². The predicted molar refractivity (Wildman–Crippen MR) is 71.3 cm³/mol. The van der Waals surface area contributed by atoms with Gasteiger partial charge in [-0.15, -0.1) is 5.10 Å². The van der Waals surface area contributed by atoms with Crippen LogP contribution in [0.25, 0.3) is 11.8 Å². The topological polar surface area (TPSA) is 46.8 Å². The predicted octanol–water partition coefficient (Wildman–Crippen LogP) is 1.76. The highest BCUT2D eigenvalue weighted by Crippen LogP contribution is 2.11. The van der Waals surface area contributed by atoms with Gasteiger partial charge in [-0.2, -0.15) is 4.68 Å². The SMILES string of the molecule is CCc1ccc(-n2nnnc2C=CN(C)C)cc1. The molecule has 0 N–H and O–H groups in total. The van der Waals surface area contributed by atoms with Gasteiger partial charge in [-0.1, -0.05) is 19.1 Å². The van der Waals surface area contributed by atoms with Crippen molar-refractivity contribution in [1.29, 1.82) is 0 Å². The highest BCUT2D eigenvalue weighted by molar-refractivity contribution is 5.44. The number of aromatic nitrogens is 4. The van der Waals surface area contributed by atoms with Crippen molar-refractivity contribution < 1.29 is 0 Å². The lowest BCUT2D eigenvalue weighted by molar-refractivity contribution is 0.567. The average Bonchev–Trinajstić information content (AvgIpc) is 2.85. The van der Waals surface area contributed by atoms with Crippen molar-refractivity contribution in [1.82, 2.24) is 25.1 Å². The summed E-state index contributed by atoms with van der Waals surface area (Å²) in [5.41, 5.74) is 2.27. The zero-order valence-electron chi connectivity index (χ0n) is 10.9. The molecule has 0 amide bonds. The second kappa shape index (κ2) is 5.44. The lowest BCUT2D eigenvalue weighted by Gasteiger charge is -2.05. The molecule has 0 aliphatic carbocycles. The smallest absolute Gasteiger partial charge is 0.181 e. The van der Waals surface area contributed by atoms with E-state index in [2.05, 4.69) is 34.6 Å². The fraction of sp³-hybridized carbons (Fsp3) is 0.308. The Morgan fingerprint density at radius 1 is 1.22 bits per heavy atom. The summed E-state index contributed by atoms with van der Waals surface area (Å²) in [4.78, 5) is 1.94. The number of tetrazole rings is 1. The summed E-state index contributed by atoms with van der Waals surface area (Å²) in [6, 6.07) is 8.25. The first kappa shape index (κ1) is 12.3. The Labute approximate surface area is 107 Å². The summed E-state index contributed by atoms with van der Waals surface area (Å²) >= 11 is 0. The number of aryl methyl sites for hydroxylation is 1. The molecule has 0 aliphatic heterocycles. The van der Waals surface area contributed by atoms with E-state index in [9.17, 15) is 0 Å². The minimum absolute atomic E-state index is 0.716. The maximum absolute atomic E-state index is 4.01. The van der Waals surface area contributed by atoms with Crippen LogP contribution >= 0.6 is 0 Å². The van der Waals surface area contributed by atoms with Crippen molar-refractivity contribution in [3.8, 4) is 5.69 Å². The first-order chi connectivity index (χ1) is 8.70. The van der Waals surface area contributed by atoms with Crippen LogP contribution in [0.15, 0.2) is 30.5 Å². The van der Waals surface area contributed by atoms with Crippen LogP contribution in [0.4, 0.5) is 0 Å². The van der Waals surface area contributed by atoms with E-state index in [0.717, 1.165) is 12.1 Å². The van der Waals surface area contributed by atoms with E-state index in [1.807, 2.05) is 43.4 Å². The first-order valence-electron chi connectivity index (χ1n) is 5.93. The Bertz CT molecular complexity index is 525. The number of hydrogen-bond donors (Lipinski definition) is 0. The molecule has 0 bridgehead atoms. The Morgan fingerprint density at radius 3 is 2.56 bits per heavy atom. The van der Waals surface area contributed by atoms with Crippen LogP contribution in [0.1, 0.15) is 18.3 Å². The van der Waals surface area contributed by atoms with Gasteiger partial charge in [0.15, 0.2) is 5.82 Å². The number of rotatable bonds is 4. The number of benzene rings is 1. The molecule has 1 heterocycles. The Kier molecular flexibility index (Phi) is 3.72. The van der Waals surface area contributed by atoms with Crippen molar-refractivity contribution in [2.75, 3.05) is 14.1 Å². The molecule has 94 valence electrons. The minimum Gasteiger partial charge on any atom is -0.383 e. The quantitative estimate of drug-likeness (QED) is 0.821. The fourth-order valence-corrected chi connectivity index (χ4v) is 1.57. The normalized spacial score (nSPS) is 11.1. The molecule has 0 unspecified atom stereocenters. The summed E-state index contributed by atoms with van der Waals surface area (Å²) in [5, 5.41) is 11.7. The summed E-state index contributed by atoms with van der Waals surface area (Å²) in [7, 11) is 3.92. The highest BCUT2D eigenvalue weighted by atomic mass is 15.5. The van der Waals surface area contributed by atoms with Crippen molar-refractivity contribution >= 4 is 6.08 Å². The summed E-state index contributed by atoms with van der Waals surface area (Å²) in [6.45, 7) is 2.14. The first-order valence-corrected chi connectivity index (χ1v) is 5.93. The standard InChI is InChI=1S/C13H17N5/c1-4-11-5-7-12(8-6-11)18-13(14-15-16-18)9-10-17(2)3/h5-10H,4H2,1-3H3. The summed E-state index contributed by atoms with van der Waals surface area (Å²) < 4.78 is 1.72. The Balaban J connectivity index is 2.30. The molecule has 0 spiro atoms. The van der Waals surface area contributed by atoms with Crippen LogP contribution in [0.3, 0.4) is 0 Å². The molecule has 1 aromatic carbocycles. The van der Waals surface area contributed by atoms with Crippen molar-refractivity contribution in [3.05, 3.63) is 41.9 Å². The fourth-order valence-electron chi connectivity index (χ4n) is 1.57. The molecule has 5 heteroatoms. The van der Waals surface area contributed by atoms with Crippen LogP contribution in [-0.4, -0.2) is 39.2 Å². The van der Waals surface area contributed by atoms with Gasteiger partial charge in [0.1, 0.15) is 0 Å². The molecule has 1 aromatic heterocycles. The third-order valence-corrected chi connectivity index (χ3v) is 2.60. The van der Waals surface area contributed by atoms with E-state index in [-0.39, 0.29) is 0 Å². The molecular weight excluding hydrogens is 226 g/mol. The maximum atomic E-state index is 4.01. The summed E-state index contributed by atoms with van der Waals surface area (Å²) in [6.07, 6.45) is 4.83.